The van der Waals surface area contributed by atoms with Gasteiger partial charge >= 0.3 is 0 Å². The van der Waals surface area contributed by atoms with E-state index in [1.54, 1.807) is 11.0 Å². The lowest BCUT2D eigenvalue weighted by Crippen LogP contribution is -2.42. The summed E-state index contributed by atoms with van der Waals surface area (Å²) in [5, 5.41) is 2.49. The van der Waals surface area contributed by atoms with Crippen LogP contribution in [0.5, 0.6) is 0 Å². The zero-order chi connectivity index (χ0) is 17.6. The number of amides is 2. The van der Waals surface area contributed by atoms with E-state index in [1.165, 1.54) is 29.3 Å². The standard InChI is InChI=1S/C20H19FN2O2/c21-18-9-5-4-8-17(18)20(25)22-14-19(24)23-12-10-16(11-13-23)15-6-2-1-3-7-15/h1-10H,11-14H2,(H,22,25). The minimum absolute atomic E-state index is 0.0554. The van der Waals surface area contributed by atoms with Crippen molar-refractivity contribution < 1.29 is 14.0 Å². The number of halogens is 1. The van der Waals surface area contributed by atoms with E-state index in [1.807, 2.05) is 24.3 Å². The van der Waals surface area contributed by atoms with Gasteiger partial charge in [0.1, 0.15) is 5.82 Å². The second-order valence-corrected chi connectivity index (χ2v) is 5.85. The number of hydrogen-bond acceptors (Lipinski definition) is 2. The Labute approximate surface area is 146 Å². The molecular weight excluding hydrogens is 319 g/mol. The number of nitrogens with one attached hydrogen (secondary N) is 1. The fraction of sp³-hybridized carbons (Fsp3) is 0.200. The van der Waals surface area contributed by atoms with Crippen LogP contribution in [0.1, 0.15) is 22.3 Å². The number of nitrogens with zero attached hydrogens (tertiary/aromatic N) is 1. The molecule has 0 saturated heterocycles. The largest absolute Gasteiger partial charge is 0.343 e. The van der Waals surface area contributed by atoms with Gasteiger partial charge in [0.05, 0.1) is 12.1 Å². The summed E-state index contributed by atoms with van der Waals surface area (Å²) >= 11 is 0. The SMILES string of the molecule is O=C(NCC(=O)N1CC=C(c2ccccc2)CC1)c1ccccc1F. The molecule has 1 heterocycles. The Bertz CT molecular complexity index is 802. The molecule has 2 amide bonds. The Morgan fingerprint density at radius 1 is 1.04 bits per heavy atom. The van der Waals surface area contributed by atoms with E-state index in [9.17, 15) is 14.0 Å². The lowest BCUT2D eigenvalue weighted by atomic mass is 9.99. The fourth-order valence-corrected chi connectivity index (χ4v) is 2.82. The average molecular weight is 338 g/mol. The van der Waals surface area contributed by atoms with Crippen LogP contribution in [0.3, 0.4) is 0 Å². The molecule has 0 fully saturated rings. The van der Waals surface area contributed by atoms with Gasteiger partial charge in [-0.3, -0.25) is 9.59 Å². The maximum absolute atomic E-state index is 13.6. The maximum atomic E-state index is 13.6. The van der Waals surface area contributed by atoms with Crippen molar-refractivity contribution in [1.82, 2.24) is 10.2 Å². The van der Waals surface area contributed by atoms with Crippen LogP contribution in [0.25, 0.3) is 5.57 Å². The van der Waals surface area contributed by atoms with Gasteiger partial charge < -0.3 is 10.2 Å². The first-order valence-electron chi connectivity index (χ1n) is 8.20. The van der Waals surface area contributed by atoms with Gasteiger partial charge in [-0.2, -0.15) is 0 Å². The van der Waals surface area contributed by atoms with Gasteiger partial charge in [0.2, 0.25) is 5.91 Å². The predicted molar refractivity (Wildman–Crippen MR) is 94.3 cm³/mol. The molecule has 25 heavy (non-hydrogen) atoms. The summed E-state index contributed by atoms with van der Waals surface area (Å²) in [7, 11) is 0. The summed E-state index contributed by atoms with van der Waals surface area (Å²) in [4.78, 5) is 25.9. The highest BCUT2D eigenvalue weighted by Gasteiger charge is 2.19. The monoisotopic (exact) mass is 338 g/mol. The van der Waals surface area contributed by atoms with Crippen molar-refractivity contribution >= 4 is 17.4 Å². The van der Waals surface area contributed by atoms with E-state index in [2.05, 4.69) is 17.4 Å². The van der Waals surface area contributed by atoms with Crippen molar-refractivity contribution in [2.45, 2.75) is 6.42 Å². The van der Waals surface area contributed by atoms with E-state index in [0.29, 0.717) is 13.1 Å². The van der Waals surface area contributed by atoms with Crippen LogP contribution in [0.2, 0.25) is 0 Å². The van der Waals surface area contributed by atoms with E-state index >= 15 is 0 Å². The van der Waals surface area contributed by atoms with Crippen molar-refractivity contribution in [2.75, 3.05) is 19.6 Å². The zero-order valence-electron chi connectivity index (χ0n) is 13.7. The minimum Gasteiger partial charge on any atom is -0.343 e. The molecule has 1 aliphatic rings. The van der Waals surface area contributed by atoms with E-state index in [-0.39, 0.29) is 18.0 Å². The molecule has 3 rings (SSSR count). The lowest BCUT2D eigenvalue weighted by molar-refractivity contribution is -0.129. The molecule has 4 nitrogen and oxygen atoms in total. The molecule has 2 aromatic carbocycles. The molecule has 0 unspecified atom stereocenters. The zero-order valence-corrected chi connectivity index (χ0v) is 13.7. The quantitative estimate of drug-likeness (QED) is 0.932. The molecule has 128 valence electrons. The van der Waals surface area contributed by atoms with Gasteiger partial charge in [-0.15, -0.1) is 0 Å². The number of hydrogen-bond donors (Lipinski definition) is 1. The van der Waals surface area contributed by atoms with E-state index < -0.39 is 11.7 Å². The first kappa shape index (κ1) is 16.9. The molecule has 0 spiro atoms. The topological polar surface area (TPSA) is 49.4 Å². The van der Waals surface area contributed by atoms with Crippen LogP contribution in [-0.4, -0.2) is 36.3 Å². The van der Waals surface area contributed by atoms with Crippen LogP contribution in [0, 0.1) is 5.82 Å². The van der Waals surface area contributed by atoms with E-state index in [0.717, 1.165) is 6.42 Å². The molecule has 0 radical (unpaired) electrons. The van der Waals surface area contributed by atoms with Crippen LogP contribution in [0.4, 0.5) is 4.39 Å². The fourth-order valence-electron chi connectivity index (χ4n) is 2.82. The minimum atomic E-state index is -0.596. The Kier molecular flexibility index (Phi) is 5.23. The Morgan fingerprint density at radius 2 is 1.76 bits per heavy atom. The van der Waals surface area contributed by atoms with Crippen molar-refractivity contribution in [3.63, 3.8) is 0 Å². The van der Waals surface area contributed by atoms with Crippen molar-refractivity contribution in [3.8, 4) is 0 Å². The summed E-state index contributed by atoms with van der Waals surface area (Å²) in [6, 6.07) is 15.8. The summed E-state index contributed by atoms with van der Waals surface area (Å²) in [5.74, 6) is -1.35. The Balaban J connectivity index is 1.54. The van der Waals surface area contributed by atoms with Crippen molar-refractivity contribution in [2.24, 2.45) is 0 Å². The van der Waals surface area contributed by atoms with Gasteiger partial charge in [-0.25, -0.2) is 4.39 Å². The number of carbonyl (C=O) groups excluding carboxylic acids is 2. The van der Waals surface area contributed by atoms with Crippen molar-refractivity contribution in [1.29, 1.82) is 0 Å². The molecular formula is C20H19FN2O2. The van der Waals surface area contributed by atoms with Crippen LogP contribution >= 0.6 is 0 Å². The first-order valence-corrected chi connectivity index (χ1v) is 8.20. The highest BCUT2D eigenvalue weighted by molar-refractivity contribution is 5.96. The molecule has 0 saturated carbocycles. The molecule has 0 aromatic heterocycles. The van der Waals surface area contributed by atoms with E-state index in [4.69, 9.17) is 0 Å². The molecule has 2 aromatic rings. The summed E-state index contributed by atoms with van der Waals surface area (Å²) in [6.45, 7) is 0.982. The normalized spacial score (nSPS) is 14.0. The lowest BCUT2D eigenvalue weighted by Gasteiger charge is -2.26. The Hall–Kier alpha value is -2.95. The second-order valence-electron chi connectivity index (χ2n) is 5.85. The number of benzene rings is 2. The second kappa shape index (κ2) is 7.75. The van der Waals surface area contributed by atoms with Crippen LogP contribution in [-0.2, 0) is 4.79 Å². The molecule has 0 aliphatic carbocycles. The van der Waals surface area contributed by atoms with Gasteiger partial charge in [-0.1, -0.05) is 48.5 Å². The molecule has 0 bridgehead atoms. The first-order chi connectivity index (χ1) is 12.1. The highest BCUT2D eigenvalue weighted by atomic mass is 19.1. The van der Waals surface area contributed by atoms with Crippen LogP contribution < -0.4 is 5.32 Å². The number of rotatable bonds is 4. The predicted octanol–water partition coefficient (Wildman–Crippen LogP) is 2.87. The van der Waals surface area contributed by atoms with Crippen LogP contribution in [0.15, 0.2) is 60.7 Å². The molecule has 0 atom stereocenters. The van der Waals surface area contributed by atoms with Gasteiger partial charge in [-0.05, 0) is 29.7 Å². The average Bonchev–Trinajstić information content (AvgIpc) is 2.67. The summed E-state index contributed by atoms with van der Waals surface area (Å²) < 4.78 is 13.6. The number of carbonyl (C=O) groups is 2. The van der Waals surface area contributed by atoms with Gasteiger partial charge in [0.15, 0.2) is 0 Å². The third-order valence-electron chi connectivity index (χ3n) is 4.23. The van der Waals surface area contributed by atoms with Gasteiger partial charge in [0, 0.05) is 13.1 Å². The van der Waals surface area contributed by atoms with Crippen molar-refractivity contribution in [3.05, 3.63) is 77.6 Å². The summed E-state index contributed by atoms with van der Waals surface area (Å²) in [6.07, 6.45) is 2.81. The smallest absolute Gasteiger partial charge is 0.254 e. The molecule has 1 aliphatic heterocycles. The Morgan fingerprint density at radius 3 is 2.44 bits per heavy atom. The van der Waals surface area contributed by atoms with Gasteiger partial charge in [0.25, 0.3) is 5.91 Å². The molecule has 1 N–H and O–H groups in total. The maximum Gasteiger partial charge on any atom is 0.254 e. The molecule has 5 heteroatoms. The third kappa shape index (κ3) is 4.12. The highest BCUT2D eigenvalue weighted by Crippen LogP contribution is 2.21. The summed E-state index contributed by atoms with van der Waals surface area (Å²) in [5.41, 5.74) is 2.34. The third-order valence-corrected chi connectivity index (χ3v) is 4.23.